The molecule has 100 valence electrons. The van der Waals surface area contributed by atoms with Gasteiger partial charge >= 0.3 is 8.80 Å². The van der Waals surface area contributed by atoms with E-state index in [0.29, 0.717) is 5.92 Å². The van der Waals surface area contributed by atoms with E-state index in [4.69, 9.17) is 13.3 Å². The van der Waals surface area contributed by atoms with E-state index in [-0.39, 0.29) is 0 Å². The Labute approximate surface area is 109 Å². The lowest BCUT2D eigenvalue weighted by molar-refractivity contribution is -0.00443. The topological polar surface area (TPSA) is 30.9 Å². The summed E-state index contributed by atoms with van der Waals surface area (Å²) < 4.78 is 17.9. The molecule has 4 nitrogen and oxygen atoms in total. The zero-order valence-electron chi connectivity index (χ0n) is 10.8. The molecule has 3 heterocycles. The van der Waals surface area contributed by atoms with Gasteiger partial charge in [0.15, 0.2) is 0 Å². The zero-order chi connectivity index (χ0) is 12.1. The molecule has 0 aromatic heterocycles. The average Bonchev–Trinajstić information content (AvgIpc) is 2.18. The van der Waals surface area contributed by atoms with Gasteiger partial charge in [-0.3, -0.25) is 4.90 Å². The van der Waals surface area contributed by atoms with Crippen molar-refractivity contribution in [2.45, 2.75) is 13.8 Å². The van der Waals surface area contributed by atoms with Crippen LogP contribution in [0.15, 0.2) is 0 Å². The number of rotatable bonds is 4. The first-order valence-corrected chi connectivity index (χ1v) is 9.51. The first-order valence-electron chi connectivity index (χ1n) is 6.42. The van der Waals surface area contributed by atoms with Crippen molar-refractivity contribution in [2.24, 2.45) is 5.92 Å². The Morgan fingerprint density at radius 1 is 1.06 bits per heavy atom. The van der Waals surface area contributed by atoms with Crippen LogP contribution in [0.2, 0.25) is 0 Å². The highest BCUT2D eigenvalue weighted by Crippen LogP contribution is 2.21. The Kier molecular flexibility index (Phi) is 5.32. The summed E-state index contributed by atoms with van der Waals surface area (Å²) >= 11 is 1.91. The fourth-order valence-electron chi connectivity index (χ4n) is 2.00. The van der Waals surface area contributed by atoms with Crippen molar-refractivity contribution in [1.29, 1.82) is 0 Å². The molecule has 2 bridgehead atoms. The maximum absolute atomic E-state index is 5.96. The van der Waals surface area contributed by atoms with E-state index in [1.165, 1.54) is 0 Å². The predicted molar refractivity (Wildman–Crippen MR) is 72.2 cm³/mol. The Morgan fingerprint density at radius 3 is 2.06 bits per heavy atom. The summed E-state index contributed by atoms with van der Waals surface area (Å²) in [7, 11) is -2.36. The molecule has 0 saturated carbocycles. The van der Waals surface area contributed by atoms with Crippen LogP contribution in [0, 0.1) is 5.92 Å². The first kappa shape index (κ1) is 13.8. The molecule has 0 amide bonds. The van der Waals surface area contributed by atoms with Gasteiger partial charge in [0.05, 0.1) is 25.2 Å². The van der Waals surface area contributed by atoms with E-state index in [1.807, 2.05) is 11.8 Å². The maximum atomic E-state index is 5.96. The van der Waals surface area contributed by atoms with Crippen molar-refractivity contribution in [1.82, 2.24) is 4.90 Å². The van der Waals surface area contributed by atoms with Crippen molar-refractivity contribution in [3.63, 3.8) is 0 Å². The summed E-state index contributed by atoms with van der Waals surface area (Å²) in [5.41, 5.74) is 0. The summed E-state index contributed by atoms with van der Waals surface area (Å²) in [6, 6.07) is 0. The number of thioether (sulfide) groups is 1. The molecule has 3 aliphatic rings. The molecule has 6 heteroatoms. The normalized spacial score (nSPS) is 34.4. The van der Waals surface area contributed by atoms with E-state index >= 15 is 0 Å². The van der Waals surface area contributed by atoms with Gasteiger partial charge in [-0.15, -0.1) is 0 Å². The minimum atomic E-state index is -2.36. The SMILES string of the molecule is CC(C)CSC[Si]12OCCN(CCO1)CCO2. The Morgan fingerprint density at radius 2 is 1.59 bits per heavy atom. The summed E-state index contributed by atoms with van der Waals surface area (Å²) in [5, 5.41) is 0.908. The molecular weight excluding hydrogens is 254 g/mol. The lowest BCUT2D eigenvalue weighted by Crippen LogP contribution is -2.57. The number of fused-ring (bicyclic) bond motifs is 6. The summed E-state index contributed by atoms with van der Waals surface area (Å²) in [4.78, 5) is 2.35. The van der Waals surface area contributed by atoms with Gasteiger partial charge in [-0.2, -0.15) is 11.8 Å². The van der Waals surface area contributed by atoms with Gasteiger partial charge in [0.1, 0.15) is 0 Å². The summed E-state index contributed by atoms with van der Waals surface area (Å²) in [6.45, 7) is 9.83. The van der Waals surface area contributed by atoms with Gasteiger partial charge in [0.2, 0.25) is 0 Å². The van der Waals surface area contributed by atoms with E-state index in [1.54, 1.807) is 0 Å². The molecule has 0 aliphatic carbocycles. The lowest BCUT2D eigenvalue weighted by Gasteiger charge is -2.38. The van der Waals surface area contributed by atoms with Crippen LogP contribution >= 0.6 is 11.8 Å². The molecule has 0 spiro atoms. The highest BCUT2D eigenvalue weighted by molar-refractivity contribution is 8.00. The predicted octanol–water partition coefficient (Wildman–Crippen LogP) is 1.23. The molecule has 3 aliphatic heterocycles. The van der Waals surface area contributed by atoms with Gasteiger partial charge in [-0.1, -0.05) is 13.8 Å². The quantitative estimate of drug-likeness (QED) is 0.722. The van der Waals surface area contributed by atoms with Crippen molar-refractivity contribution in [3.05, 3.63) is 0 Å². The van der Waals surface area contributed by atoms with Gasteiger partial charge in [0.25, 0.3) is 0 Å². The van der Waals surface area contributed by atoms with Gasteiger partial charge < -0.3 is 13.3 Å². The molecular formula is C11H23NO3SSi. The third-order valence-electron chi connectivity index (χ3n) is 2.92. The van der Waals surface area contributed by atoms with E-state index in [0.717, 1.165) is 50.6 Å². The largest absolute Gasteiger partial charge is 0.511 e. The highest BCUT2D eigenvalue weighted by atomic mass is 32.2. The third kappa shape index (κ3) is 4.22. The lowest BCUT2D eigenvalue weighted by atomic mass is 10.3. The van der Waals surface area contributed by atoms with Crippen LogP contribution in [0.1, 0.15) is 13.8 Å². The first-order chi connectivity index (χ1) is 8.20. The molecule has 0 atom stereocenters. The van der Waals surface area contributed by atoms with Gasteiger partial charge in [-0.05, 0) is 11.7 Å². The van der Waals surface area contributed by atoms with Crippen LogP contribution in [-0.2, 0) is 13.3 Å². The molecule has 0 aromatic carbocycles. The average molecular weight is 277 g/mol. The number of nitrogens with zero attached hydrogens (tertiary/aromatic N) is 1. The van der Waals surface area contributed by atoms with Crippen LogP contribution in [0.3, 0.4) is 0 Å². The standard InChI is InChI=1S/C11H23NO3SSi/c1-11(2)9-16-10-17-13-6-3-12(4-7-14-17)5-8-15-17/h11H,3-10H2,1-2H3. The van der Waals surface area contributed by atoms with Crippen LogP contribution in [-0.4, -0.2) is 64.3 Å². The minimum Gasteiger partial charge on any atom is -0.372 e. The molecule has 3 saturated heterocycles. The fourth-order valence-corrected chi connectivity index (χ4v) is 6.40. The molecule has 0 aromatic rings. The third-order valence-corrected chi connectivity index (χ3v) is 7.98. The van der Waals surface area contributed by atoms with Crippen LogP contribution in [0.4, 0.5) is 0 Å². The molecule has 3 rings (SSSR count). The molecule has 0 N–H and O–H groups in total. The van der Waals surface area contributed by atoms with Crippen LogP contribution < -0.4 is 0 Å². The smallest absolute Gasteiger partial charge is 0.372 e. The highest BCUT2D eigenvalue weighted by Gasteiger charge is 2.43. The van der Waals surface area contributed by atoms with Gasteiger partial charge in [-0.25, -0.2) is 0 Å². The summed E-state index contributed by atoms with van der Waals surface area (Å²) in [5.74, 6) is 1.86. The van der Waals surface area contributed by atoms with Crippen LogP contribution in [0.5, 0.6) is 0 Å². The Hall–Kier alpha value is 0.407. The molecule has 17 heavy (non-hydrogen) atoms. The van der Waals surface area contributed by atoms with Crippen LogP contribution in [0.25, 0.3) is 0 Å². The second kappa shape index (κ2) is 6.54. The molecule has 0 unspecified atom stereocenters. The van der Waals surface area contributed by atoms with E-state index in [2.05, 4.69) is 18.7 Å². The number of hydrogen-bond donors (Lipinski definition) is 0. The molecule has 0 radical (unpaired) electrons. The van der Waals surface area contributed by atoms with Crippen molar-refractivity contribution < 1.29 is 13.3 Å². The fraction of sp³-hybridized carbons (Fsp3) is 1.00. The van der Waals surface area contributed by atoms with Crippen molar-refractivity contribution >= 4 is 20.6 Å². The monoisotopic (exact) mass is 277 g/mol. The second-order valence-electron chi connectivity index (χ2n) is 4.98. The van der Waals surface area contributed by atoms with E-state index in [9.17, 15) is 0 Å². The van der Waals surface area contributed by atoms with Crippen molar-refractivity contribution in [3.8, 4) is 0 Å². The van der Waals surface area contributed by atoms with Gasteiger partial charge in [0, 0.05) is 19.6 Å². The minimum absolute atomic E-state index is 0.711. The van der Waals surface area contributed by atoms with Crippen molar-refractivity contribution in [2.75, 3.05) is 50.6 Å². The zero-order valence-corrected chi connectivity index (χ0v) is 12.6. The summed E-state index contributed by atoms with van der Waals surface area (Å²) in [6.07, 6.45) is 0. The second-order valence-corrected chi connectivity index (χ2v) is 9.11. The number of hydrogen-bond acceptors (Lipinski definition) is 5. The molecule has 3 fully saturated rings. The Balaban J connectivity index is 1.89. The van der Waals surface area contributed by atoms with E-state index < -0.39 is 8.80 Å². The maximum Gasteiger partial charge on any atom is 0.511 e. The Bertz CT molecular complexity index is 216.